The molecule has 0 spiro atoms. The van der Waals surface area contributed by atoms with E-state index >= 15 is 0 Å². The van der Waals surface area contributed by atoms with Crippen LogP contribution in [0.3, 0.4) is 0 Å². The summed E-state index contributed by atoms with van der Waals surface area (Å²) in [6.07, 6.45) is 3.88. The molecule has 1 fully saturated rings. The van der Waals surface area contributed by atoms with Crippen LogP contribution in [-0.4, -0.2) is 30.6 Å². The molecule has 1 aliphatic rings. The van der Waals surface area contributed by atoms with Crippen LogP contribution in [0.25, 0.3) is 0 Å². The minimum Gasteiger partial charge on any atom is -0.343 e. The second kappa shape index (κ2) is 4.78. The molecule has 0 aliphatic carbocycles. The van der Waals surface area contributed by atoms with Crippen molar-refractivity contribution < 1.29 is 4.79 Å². The van der Waals surface area contributed by atoms with Crippen molar-refractivity contribution in [3.05, 3.63) is 0 Å². The number of carbonyl (C=O) groups excluding carboxylic acids is 1. The zero-order chi connectivity index (χ0) is 10.6. The van der Waals surface area contributed by atoms with Gasteiger partial charge in [-0.05, 0) is 25.9 Å². The van der Waals surface area contributed by atoms with Crippen molar-refractivity contribution in [2.45, 2.75) is 40.0 Å². The molecule has 3 nitrogen and oxygen atoms in total. The Balaban J connectivity index is 2.22. The largest absolute Gasteiger partial charge is 0.343 e. The average Bonchev–Trinajstić information content (AvgIpc) is 2.14. The summed E-state index contributed by atoms with van der Waals surface area (Å²) in [5.74, 6) is 0.142. The molecule has 1 heterocycles. The van der Waals surface area contributed by atoms with Crippen molar-refractivity contribution in [1.29, 1.82) is 0 Å². The SMILES string of the molecule is CC(C)(C)C(=O)NCN1CCCCC1. The molecule has 1 rings (SSSR count). The molecule has 0 aromatic carbocycles. The maximum atomic E-state index is 11.6. The maximum Gasteiger partial charge on any atom is 0.226 e. The summed E-state index contributed by atoms with van der Waals surface area (Å²) < 4.78 is 0. The summed E-state index contributed by atoms with van der Waals surface area (Å²) >= 11 is 0. The molecule has 1 saturated heterocycles. The fraction of sp³-hybridized carbons (Fsp3) is 0.909. The second-order valence-electron chi connectivity index (χ2n) is 5.09. The van der Waals surface area contributed by atoms with Crippen molar-refractivity contribution in [2.75, 3.05) is 19.8 Å². The first-order valence-corrected chi connectivity index (χ1v) is 5.51. The molecule has 3 heteroatoms. The van der Waals surface area contributed by atoms with E-state index in [4.69, 9.17) is 0 Å². The molecule has 1 aliphatic heterocycles. The summed E-state index contributed by atoms with van der Waals surface area (Å²) in [5.41, 5.74) is -0.268. The van der Waals surface area contributed by atoms with Gasteiger partial charge in [-0.2, -0.15) is 0 Å². The molecule has 0 bridgehead atoms. The van der Waals surface area contributed by atoms with E-state index in [1.165, 1.54) is 19.3 Å². The molecule has 0 saturated carbocycles. The number of nitrogens with one attached hydrogen (secondary N) is 1. The van der Waals surface area contributed by atoms with Crippen LogP contribution in [0.5, 0.6) is 0 Å². The van der Waals surface area contributed by atoms with Crippen molar-refractivity contribution in [1.82, 2.24) is 10.2 Å². The lowest BCUT2D eigenvalue weighted by atomic mass is 9.96. The molecule has 1 amide bonds. The highest BCUT2D eigenvalue weighted by Gasteiger charge is 2.21. The van der Waals surface area contributed by atoms with Gasteiger partial charge in [0.05, 0.1) is 6.67 Å². The van der Waals surface area contributed by atoms with Gasteiger partial charge in [-0.15, -0.1) is 0 Å². The van der Waals surface area contributed by atoms with Gasteiger partial charge in [0.1, 0.15) is 0 Å². The van der Waals surface area contributed by atoms with E-state index in [0.717, 1.165) is 19.8 Å². The van der Waals surface area contributed by atoms with Crippen molar-refractivity contribution in [3.8, 4) is 0 Å². The number of hydrogen-bond acceptors (Lipinski definition) is 2. The molecule has 0 radical (unpaired) electrons. The van der Waals surface area contributed by atoms with E-state index in [1.807, 2.05) is 20.8 Å². The number of hydrogen-bond donors (Lipinski definition) is 1. The molecule has 82 valence electrons. The first kappa shape index (κ1) is 11.5. The minimum absolute atomic E-state index is 0.142. The van der Waals surface area contributed by atoms with Gasteiger partial charge >= 0.3 is 0 Å². The molecule has 0 atom stereocenters. The summed E-state index contributed by atoms with van der Waals surface area (Å²) in [7, 11) is 0. The highest BCUT2D eigenvalue weighted by atomic mass is 16.2. The monoisotopic (exact) mass is 198 g/mol. The zero-order valence-corrected chi connectivity index (χ0v) is 9.60. The van der Waals surface area contributed by atoms with Crippen LogP contribution >= 0.6 is 0 Å². The van der Waals surface area contributed by atoms with Crippen molar-refractivity contribution in [2.24, 2.45) is 5.41 Å². The molecule has 0 aromatic rings. The Hall–Kier alpha value is -0.570. The van der Waals surface area contributed by atoms with E-state index < -0.39 is 0 Å². The predicted octanol–water partition coefficient (Wildman–Crippen LogP) is 1.59. The minimum atomic E-state index is -0.268. The third kappa shape index (κ3) is 3.66. The van der Waals surface area contributed by atoms with Crippen molar-refractivity contribution in [3.63, 3.8) is 0 Å². The number of nitrogens with zero attached hydrogens (tertiary/aromatic N) is 1. The van der Waals surface area contributed by atoms with Crippen LogP contribution in [0.15, 0.2) is 0 Å². The first-order valence-electron chi connectivity index (χ1n) is 5.51. The molecule has 0 unspecified atom stereocenters. The highest BCUT2D eigenvalue weighted by Crippen LogP contribution is 2.13. The number of likely N-dealkylation sites (tertiary alicyclic amines) is 1. The van der Waals surface area contributed by atoms with Crippen molar-refractivity contribution >= 4 is 5.91 Å². The normalized spacial score (nSPS) is 19.4. The van der Waals surface area contributed by atoms with E-state index in [0.29, 0.717) is 0 Å². The van der Waals surface area contributed by atoms with Gasteiger partial charge in [-0.25, -0.2) is 0 Å². The Kier molecular flexibility index (Phi) is 3.93. The van der Waals surface area contributed by atoms with Crippen LogP contribution < -0.4 is 5.32 Å². The third-order valence-electron chi connectivity index (χ3n) is 2.59. The number of carbonyl (C=O) groups is 1. The predicted molar refractivity (Wildman–Crippen MR) is 57.9 cm³/mol. The number of amides is 1. The summed E-state index contributed by atoms with van der Waals surface area (Å²) in [6.45, 7) is 8.81. The van der Waals surface area contributed by atoms with Gasteiger partial charge in [0, 0.05) is 5.41 Å². The smallest absolute Gasteiger partial charge is 0.226 e. The Labute approximate surface area is 86.9 Å². The van der Waals surface area contributed by atoms with Crippen LogP contribution in [0.1, 0.15) is 40.0 Å². The fourth-order valence-corrected chi connectivity index (χ4v) is 1.57. The standard InChI is InChI=1S/C11H22N2O/c1-11(2,3)10(14)12-9-13-7-5-4-6-8-13/h4-9H2,1-3H3,(H,12,14). The van der Waals surface area contributed by atoms with E-state index in [2.05, 4.69) is 10.2 Å². The van der Waals surface area contributed by atoms with Gasteiger partial charge in [0.15, 0.2) is 0 Å². The van der Waals surface area contributed by atoms with E-state index in [9.17, 15) is 4.79 Å². The molecular formula is C11H22N2O. The first-order chi connectivity index (χ1) is 6.50. The Morgan fingerprint density at radius 3 is 2.29 bits per heavy atom. The maximum absolute atomic E-state index is 11.6. The number of piperidine rings is 1. The third-order valence-corrected chi connectivity index (χ3v) is 2.59. The number of rotatable bonds is 2. The van der Waals surface area contributed by atoms with Gasteiger partial charge in [0.2, 0.25) is 5.91 Å². The summed E-state index contributed by atoms with van der Waals surface area (Å²) in [5, 5.41) is 2.98. The topological polar surface area (TPSA) is 32.3 Å². The lowest BCUT2D eigenvalue weighted by Crippen LogP contribution is -2.44. The van der Waals surface area contributed by atoms with Crippen LogP contribution in [-0.2, 0) is 4.79 Å². The molecule has 0 aromatic heterocycles. The van der Waals surface area contributed by atoms with E-state index in [-0.39, 0.29) is 11.3 Å². The second-order valence-corrected chi connectivity index (χ2v) is 5.09. The fourth-order valence-electron chi connectivity index (χ4n) is 1.57. The summed E-state index contributed by atoms with van der Waals surface area (Å²) in [4.78, 5) is 13.9. The van der Waals surface area contributed by atoms with Crippen LogP contribution in [0, 0.1) is 5.41 Å². The lowest BCUT2D eigenvalue weighted by Gasteiger charge is -2.28. The zero-order valence-electron chi connectivity index (χ0n) is 9.60. The van der Waals surface area contributed by atoms with Gasteiger partial charge < -0.3 is 5.32 Å². The van der Waals surface area contributed by atoms with Gasteiger partial charge in [-0.1, -0.05) is 27.2 Å². The average molecular weight is 198 g/mol. The van der Waals surface area contributed by atoms with Gasteiger partial charge in [0.25, 0.3) is 0 Å². The van der Waals surface area contributed by atoms with Crippen LogP contribution in [0.4, 0.5) is 0 Å². The summed E-state index contributed by atoms with van der Waals surface area (Å²) in [6, 6.07) is 0. The molecular weight excluding hydrogens is 176 g/mol. The van der Waals surface area contributed by atoms with Gasteiger partial charge in [-0.3, -0.25) is 9.69 Å². The quantitative estimate of drug-likeness (QED) is 0.731. The molecule has 14 heavy (non-hydrogen) atoms. The highest BCUT2D eigenvalue weighted by molar-refractivity contribution is 5.81. The lowest BCUT2D eigenvalue weighted by molar-refractivity contribution is -0.129. The molecule has 1 N–H and O–H groups in total. The Bertz CT molecular complexity index is 190. The Morgan fingerprint density at radius 2 is 1.79 bits per heavy atom. The van der Waals surface area contributed by atoms with Crippen LogP contribution in [0.2, 0.25) is 0 Å². The Morgan fingerprint density at radius 1 is 1.21 bits per heavy atom. The van der Waals surface area contributed by atoms with E-state index in [1.54, 1.807) is 0 Å².